The Morgan fingerprint density at radius 2 is 2.08 bits per heavy atom. The van der Waals surface area contributed by atoms with Crippen LogP contribution >= 0.6 is 0 Å². The van der Waals surface area contributed by atoms with Crippen LogP contribution < -0.4 is 0 Å². The van der Waals surface area contributed by atoms with Gasteiger partial charge in [-0.25, -0.2) is 8.42 Å². The third-order valence-electron chi connectivity index (χ3n) is 4.65. The molecule has 2 fully saturated rings. The highest BCUT2D eigenvalue weighted by Gasteiger charge is 2.33. The second kappa shape index (κ2) is 7.20. The first-order chi connectivity index (χ1) is 11.5. The van der Waals surface area contributed by atoms with Crippen LogP contribution in [0, 0.1) is 0 Å². The zero-order valence-corrected chi connectivity index (χ0v) is 14.7. The topological polar surface area (TPSA) is 95.6 Å². The lowest BCUT2D eigenvalue weighted by atomic mass is 9.99. The molecule has 0 saturated carbocycles. The highest BCUT2D eigenvalue weighted by atomic mass is 32.2. The number of hydrogen-bond acceptors (Lipinski definition) is 6. The standard InChI is InChI=1S/C15H24N4O4S/c1-24(21,22)13-10-16-17-15(13)12-4-2-3-5-19(12)14(20)11-18-6-8-23-9-7-18/h10,12H,2-9,11H2,1H3,(H,16,17). The smallest absolute Gasteiger partial charge is 0.237 e. The minimum absolute atomic E-state index is 0.0376. The maximum Gasteiger partial charge on any atom is 0.237 e. The minimum atomic E-state index is -3.37. The highest BCUT2D eigenvalue weighted by Crippen LogP contribution is 2.33. The fourth-order valence-corrected chi connectivity index (χ4v) is 4.22. The number of likely N-dealkylation sites (tertiary alicyclic amines) is 1. The van der Waals surface area contributed by atoms with Crippen molar-refractivity contribution in [2.45, 2.75) is 30.2 Å². The van der Waals surface area contributed by atoms with Crippen LogP contribution in [0.3, 0.4) is 0 Å². The van der Waals surface area contributed by atoms with E-state index < -0.39 is 9.84 Å². The Kier molecular flexibility index (Phi) is 5.21. The number of nitrogens with zero attached hydrogens (tertiary/aromatic N) is 3. The van der Waals surface area contributed by atoms with Crippen molar-refractivity contribution in [3.63, 3.8) is 0 Å². The highest BCUT2D eigenvalue weighted by molar-refractivity contribution is 7.90. The molecule has 2 saturated heterocycles. The molecule has 0 aromatic carbocycles. The first kappa shape index (κ1) is 17.4. The summed E-state index contributed by atoms with van der Waals surface area (Å²) >= 11 is 0. The van der Waals surface area contributed by atoms with Crippen LogP contribution in [0.2, 0.25) is 0 Å². The molecule has 1 unspecified atom stereocenters. The van der Waals surface area contributed by atoms with Crippen LogP contribution in [0.4, 0.5) is 0 Å². The lowest BCUT2D eigenvalue weighted by Crippen LogP contribution is -2.47. The van der Waals surface area contributed by atoms with Gasteiger partial charge < -0.3 is 9.64 Å². The van der Waals surface area contributed by atoms with Crippen LogP contribution in [0.15, 0.2) is 11.1 Å². The number of piperidine rings is 1. The number of morpholine rings is 1. The molecule has 3 rings (SSSR count). The van der Waals surface area contributed by atoms with E-state index in [9.17, 15) is 13.2 Å². The van der Waals surface area contributed by atoms with Crippen molar-refractivity contribution in [3.05, 3.63) is 11.9 Å². The van der Waals surface area contributed by atoms with Crippen molar-refractivity contribution in [1.82, 2.24) is 20.0 Å². The Bertz CT molecular complexity index is 681. The summed E-state index contributed by atoms with van der Waals surface area (Å²) < 4.78 is 29.2. The summed E-state index contributed by atoms with van der Waals surface area (Å²) in [5.41, 5.74) is 0.535. The van der Waals surface area contributed by atoms with E-state index in [1.807, 2.05) is 0 Å². The van der Waals surface area contributed by atoms with E-state index in [0.29, 0.717) is 32.0 Å². The molecule has 1 aromatic heterocycles. The number of aromatic nitrogens is 2. The van der Waals surface area contributed by atoms with E-state index in [-0.39, 0.29) is 16.8 Å². The molecular formula is C15H24N4O4S. The molecule has 2 aliphatic heterocycles. The maximum atomic E-state index is 12.8. The fraction of sp³-hybridized carbons (Fsp3) is 0.733. The average molecular weight is 356 g/mol. The van der Waals surface area contributed by atoms with Gasteiger partial charge in [0.05, 0.1) is 37.7 Å². The van der Waals surface area contributed by atoms with Gasteiger partial charge in [0.1, 0.15) is 4.90 Å². The Balaban J connectivity index is 1.78. The third-order valence-corrected chi connectivity index (χ3v) is 5.77. The van der Waals surface area contributed by atoms with Crippen molar-refractivity contribution in [2.24, 2.45) is 0 Å². The number of hydrogen-bond donors (Lipinski definition) is 1. The zero-order chi connectivity index (χ0) is 17.2. The lowest BCUT2D eigenvalue weighted by molar-refractivity contribution is -0.137. The first-order valence-electron chi connectivity index (χ1n) is 8.29. The summed E-state index contributed by atoms with van der Waals surface area (Å²) in [7, 11) is -3.37. The first-order valence-corrected chi connectivity index (χ1v) is 10.2. The summed E-state index contributed by atoms with van der Waals surface area (Å²) in [4.78, 5) is 16.9. The summed E-state index contributed by atoms with van der Waals surface area (Å²) in [5, 5.41) is 6.72. The number of carbonyl (C=O) groups is 1. The normalized spacial score (nSPS) is 23.4. The number of H-pyrrole nitrogens is 1. The quantitative estimate of drug-likeness (QED) is 0.828. The fourth-order valence-electron chi connectivity index (χ4n) is 3.39. The molecule has 0 bridgehead atoms. The molecule has 1 atom stereocenters. The molecule has 9 heteroatoms. The van der Waals surface area contributed by atoms with Gasteiger partial charge >= 0.3 is 0 Å². The molecule has 1 aromatic rings. The Hall–Kier alpha value is -1.45. The maximum absolute atomic E-state index is 12.8. The largest absolute Gasteiger partial charge is 0.379 e. The molecule has 8 nitrogen and oxygen atoms in total. The van der Waals surface area contributed by atoms with Crippen LogP contribution in [-0.2, 0) is 19.4 Å². The predicted octanol–water partition coefficient (Wildman–Crippen LogP) is 0.199. The van der Waals surface area contributed by atoms with E-state index in [0.717, 1.165) is 32.4 Å². The van der Waals surface area contributed by atoms with E-state index in [1.165, 1.54) is 12.5 Å². The van der Waals surface area contributed by atoms with Gasteiger partial charge in [0.2, 0.25) is 5.91 Å². The number of amides is 1. The molecule has 134 valence electrons. The van der Waals surface area contributed by atoms with Crippen molar-refractivity contribution in [1.29, 1.82) is 0 Å². The number of carbonyl (C=O) groups excluding carboxylic acids is 1. The van der Waals surface area contributed by atoms with Crippen LogP contribution in [0.25, 0.3) is 0 Å². The predicted molar refractivity (Wildman–Crippen MR) is 87.3 cm³/mol. The van der Waals surface area contributed by atoms with E-state index in [2.05, 4.69) is 15.1 Å². The molecular weight excluding hydrogens is 332 g/mol. The van der Waals surface area contributed by atoms with Gasteiger partial charge in [-0.05, 0) is 19.3 Å². The number of sulfone groups is 1. The monoisotopic (exact) mass is 356 g/mol. The average Bonchev–Trinajstić information content (AvgIpc) is 3.05. The van der Waals surface area contributed by atoms with Gasteiger partial charge in [0, 0.05) is 25.9 Å². The van der Waals surface area contributed by atoms with Gasteiger partial charge in [0.25, 0.3) is 0 Å². The number of nitrogens with one attached hydrogen (secondary N) is 1. The Morgan fingerprint density at radius 1 is 1.33 bits per heavy atom. The second-order valence-corrected chi connectivity index (χ2v) is 8.39. The molecule has 1 N–H and O–H groups in total. The summed E-state index contributed by atoms with van der Waals surface area (Å²) in [6, 6.07) is -0.250. The van der Waals surface area contributed by atoms with E-state index in [4.69, 9.17) is 4.74 Å². The molecule has 0 spiro atoms. The zero-order valence-electron chi connectivity index (χ0n) is 13.9. The molecule has 0 radical (unpaired) electrons. The van der Waals surface area contributed by atoms with Gasteiger partial charge in [0.15, 0.2) is 9.84 Å². The molecule has 1 amide bonds. The summed E-state index contributed by atoms with van der Waals surface area (Å²) in [5.74, 6) is 0.0376. The molecule has 24 heavy (non-hydrogen) atoms. The molecule has 2 aliphatic rings. The number of rotatable bonds is 4. The minimum Gasteiger partial charge on any atom is -0.379 e. The second-order valence-electron chi connectivity index (χ2n) is 6.41. The summed E-state index contributed by atoms with van der Waals surface area (Å²) in [6.45, 7) is 3.80. The van der Waals surface area contributed by atoms with Crippen molar-refractivity contribution in [3.8, 4) is 0 Å². The lowest BCUT2D eigenvalue weighted by Gasteiger charge is -2.37. The van der Waals surface area contributed by atoms with E-state index in [1.54, 1.807) is 4.90 Å². The number of aromatic amines is 1. The van der Waals surface area contributed by atoms with Crippen molar-refractivity contribution >= 4 is 15.7 Å². The third kappa shape index (κ3) is 3.79. The van der Waals surface area contributed by atoms with E-state index >= 15 is 0 Å². The van der Waals surface area contributed by atoms with Crippen LogP contribution in [0.1, 0.15) is 31.0 Å². The van der Waals surface area contributed by atoms with Gasteiger partial charge in [-0.1, -0.05) is 0 Å². The number of ether oxygens (including phenoxy) is 1. The Labute approximate surface area is 142 Å². The van der Waals surface area contributed by atoms with Crippen molar-refractivity contribution < 1.29 is 17.9 Å². The SMILES string of the molecule is CS(=O)(=O)c1cn[nH]c1C1CCCCN1C(=O)CN1CCOCC1. The molecule has 3 heterocycles. The van der Waals surface area contributed by atoms with Crippen LogP contribution in [-0.4, -0.2) is 80.0 Å². The van der Waals surface area contributed by atoms with Gasteiger partial charge in [-0.3, -0.25) is 14.8 Å². The van der Waals surface area contributed by atoms with Crippen molar-refractivity contribution in [2.75, 3.05) is 45.6 Å². The summed E-state index contributed by atoms with van der Waals surface area (Å²) in [6.07, 6.45) is 5.16. The van der Waals surface area contributed by atoms with Gasteiger partial charge in [-0.15, -0.1) is 0 Å². The van der Waals surface area contributed by atoms with Crippen LogP contribution in [0.5, 0.6) is 0 Å². The molecule has 0 aliphatic carbocycles. The Morgan fingerprint density at radius 3 is 2.79 bits per heavy atom. The van der Waals surface area contributed by atoms with Gasteiger partial charge in [-0.2, -0.15) is 5.10 Å².